The van der Waals surface area contributed by atoms with Crippen molar-refractivity contribution in [3.8, 4) is 0 Å². The van der Waals surface area contributed by atoms with Crippen molar-refractivity contribution in [3.05, 3.63) is 0 Å². The SMILES string of the molecule is CC(N1CCCCCC1)C(F)(F)C1COCCO1. The monoisotopic (exact) mass is 263 g/mol. The molecule has 2 unspecified atom stereocenters. The van der Waals surface area contributed by atoms with Crippen LogP contribution in [-0.4, -0.2) is 55.9 Å². The van der Waals surface area contributed by atoms with E-state index >= 15 is 0 Å². The Labute approximate surface area is 107 Å². The van der Waals surface area contributed by atoms with E-state index in [2.05, 4.69) is 0 Å². The molecule has 106 valence electrons. The fourth-order valence-electron chi connectivity index (χ4n) is 2.70. The third-order valence-corrected chi connectivity index (χ3v) is 3.99. The molecule has 0 bridgehead atoms. The second-order valence-electron chi connectivity index (χ2n) is 5.24. The van der Waals surface area contributed by atoms with Crippen LogP contribution in [0.3, 0.4) is 0 Å². The van der Waals surface area contributed by atoms with Gasteiger partial charge in [-0.1, -0.05) is 12.8 Å². The van der Waals surface area contributed by atoms with E-state index in [1.807, 2.05) is 4.90 Å². The Morgan fingerprint density at radius 3 is 2.33 bits per heavy atom. The average Bonchev–Trinajstić information content (AvgIpc) is 2.67. The first-order chi connectivity index (χ1) is 8.62. The van der Waals surface area contributed by atoms with Gasteiger partial charge in [0.05, 0.1) is 25.9 Å². The molecule has 0 N–H and O–H groups in total. The maximum Gasteiger partial charge on any atom is 0.290 e. The summed E-state index contributed by atoms with van der Waals surface area (Å²) in [5.74, 6) is -2.84. The molecule has 0 aromatic carbocycles. The molecule has 0 aromatic heterocycles. The van der Waals surface area contributed by atoms with Crippen molar-refractivity contribution >= 4 is 0 Å². The molecule has 0 saturated carbocycles. The molecular weight excluding hydrogens is 240 g/mol. The first-order valence-electron chi connectivity index (χ1n) is 6.93. The molecule has 18 heavy (non-hydrogen) atoms. The summed E-state index contributed by atoms with van der Waals surface area (Å²) in [4.78, 5) is 1.91. The first-order valence-corrected chi connectivity index (χ1v) is 6.93. The fraction of sp³-hybridized carbons (Fsp3) is 1.00. The normalized spacial score (nSPS) is 29.8. The van der Waals surface area contributed by atoms with Crippen LogP contribution in [0.4, 0.5) is 8.78 Å². The number of likely N-dealkylation sites (tertiary alicyclic amines) is 1. The van der Waals surface area contributed by atoms with Crippen molar-refractivity contribution in [1.82, 2.24) is 4.90 Å². The number of halogens is 2. The predicted octanol–water partition coefficient (Wildman–Crippen LogP) is 2.30. The molecule has 0 aliphatic carbocycles. The van der Waals surface area contributed by atoms with Gasteiger partial charge in [-0.2, -0.15) is 0 Å². The van der Waals surface area contributed by atoms with E-state index in [1.54, 1.807) is 6.92 Å². The van der Waals surface area contributed by atoms with Crippen LogP contribution < -0.4 is 0 Å². The van der Waals surface area contributed by atoms with Crippen LogP contribution in [0.2, 0.25) is 0 Å². The molecule has 2 heterocycles. The minimum absolute atomic E-state index is 0.00514. The molecule has 2 aliphatic rings. The molecular formula is C13H23F2NO2. The number of hydrogen-bond acceptors (Lipinski definition) is 3. The zero-order valence-electron chi connectivity index (χ0n) is 11.0. The van der Waals surface area contributed by atoms with Gasteiger partial charge in [-0.25, -0.2) is 8.78 Å². The molecule has 2 fully saturated rings. The van der Waals surface area contributed by atoms with Gasteiger partial charge in [0.2, 0.25) is 0 Å². The molecule has 0 radical (unpaired) electrons. The van der Waals surface area contributed by atoms with Gasteiger partial charge in [-0.05, 0) is 32.9 Å². The Morgan fingerprint density at radius 2 is 1.78 bits per heavy atom. The van der Waals surface area contributed by atoms with Crippen LogP contribution >= 0.6 is 0 Å². The summed E-state index contributed by atoms with van der Waals surface area (Å²) in [5.41, 5.74) is 0. The van der Waals surface area contributed by atoms with Crippen LogP contribution in [0.5, 0.6) is 0 Å². The summed E-state index contributed by atoms with van der Waals surface area (Å²) in [7, 11) is 0. The van der Waals surface area contributed by atoms with Gasteiger partial charge in [-0.3, -0.25) is 4.90 Å². The van der Waals surface area contributed by atoms with E-state index in [-0.39, 0.29) is 13.2 Å². The van der Waals surface area contributed by atoms with Gasteiger partial charge in [-0.15, -0.1) is 0 Å². The maximum atomic E-state index is 14.4. The summed E-state index contributed by atoms with van der Waals surface area (Å²) in [6.45, 7) is 3.85. The van der Waals surface area contributed by atoms with Gasteiger partial charge < -0.3 is 9.47 Å². The number of rotatable bonds is 3. The van der Waals surface area contributed by atoms with Crippen molar-refractivity contribution < 1.29 is 18.3 Å². The predicted molar refractivity (Wildman–Crippen MR) is 65.0 cm³/mol. The molecule has 2 rings (SSSR count). The van der Waals surface area contributed by atoms with Crippen molar-refractivity contribution in [2.45, 2.75) is 50.7 Å². The molecule has 0 aromatic rings. The Bertz CT molecular complexity index is 249. The van der Waals surface area contributed by atoms with E-state index in [9.17, 15) is 8.78 Å². The van der Waals surface area contributed by atoms with Gasteiger partial charge in [0, 0.05) is 0 Å². The molecule has 5 heteroatoms. The first kappa shape index (κ1) is 14.2. The standard InChI is InChI=1S/C13H23F2NO2/c1-11(16-6-4-2-3-5-7-16)13(14,15)12-10-17-8-9-18-12/h11-12H,2-10H2,1H3. The molecule has 2 saturated heterocycles. The third kappa shape index (κ3) is 3.19. The van der Waals surface area contributed by atoms with E-state index < -0.39 is 18.1 Å². The van der Waals surface area contributed by atoms with E-state index in [0.29, 0.717) is 6.61 Å². The van der Waals surface area contributed by atoms with Crippen molar-refractivity contribution in [1.29, 1.82) is 0 Å². The van der Waals surface area contributed by atoms with E-state index in [4.69, 9.17) is 9.47 Å². The van der Waals surface area contributed by atoms with Crippen molar-refractivity contribution in [2.75, 3.05) is 32.9 Å². The number of ether oxygens (including phenoxy) is 2. The van der Waals surface area contributed by atoms with Gasteiger partial charge >= 0.3 is 0 Å². The summed E-state index contributed by atoms with van der Waals surface area (Å²) < 4.78 is 39.0. The highest BCUT2D eigenvalue weighted by atomic mass is 19.3. The molecule has 2 aliphatic heterocycles. The summed E-state index contributed by atoms with van der Waals surface area (Å²) in [6, 6.07) is -0.776. The largest absolute Gasteiger partial charge is 0.376 e. The Balaban J connectivity index is 1.97. The lowest BCUT2D eigenvalue weighted by Gasteiger charge is -2.39. The summed E-state index contributed by atoms with van der Waals surface area (Å²) >= 11 is 0. The quantitative estimate of drug-likeness (QED) is 0.780. The molecule has 3 nitrogen and oxygen atoms in total. The zero-order chi connectivity index (χ0) is 13.0. The molecule has 2 atom stereocenters. The van der Waals surface area contributed by atoms with E-state index in [1.165, 1.54) is 0 Å². The molecule has 0 amide bonds. The van der Waals surface area contributed by atoms with Gasteiger partial charge in [0.25, 0.3) is 5.92 Å². The van der Waals surface area contributed by atoms with Crippen LogP contribution in [0.15, 0.2) is 0 Å². The van der Waals surface area contributed by atoms with Crippen LogP contribution in [0, 0.1) is 0 Å². The zero-order valence-corrected chi connectivity index (χ0v) is 11.0. The highest BCUT2D eigenvalue weighted by Gasteiger charge is 2.48. The maximum absolute atomic E-state index is 14.4. The second-order valence-corrected chi connectivity index (χ2v) is 5.24. The lowest BCUT2D eigenvalue weighted by Crippen LogP contribution is -2.56. The minimum atomic E-state index is -2.84. The number of alkyl halides is 2. The summed E-state index contributed by atoms with van der Waals surface area (Å²) in [5, 5.41) is 0. The Morgan fingerprint density at radius 1 is 1.11 bits per heavy atom. The van der Waals surface area contributed by atoms with Crippen LogP contribution in [-0.2, 0) is 9.47 Å². The lowest BCUT2D eigenvalue weighted by molar-refractivity contribution is -0.216. The smallest absolute Gasteiger partial charge is 0.290 e. The van der Waals surface area contributed by atoms with Crippen LogP contribution in [0.25, 0.3) is 0 Å². The lowest BCUT2D eigenvalue weighted by atomic mass is 10.0. The topological polar surface area (TPSA) is 21.7 Å². The second kappa shape index (κ2) is 6.26. The third-order valence-electron chi connectivity index (χ3n) is 3.99. The number of hydrogen-bond donors (Lipinski definition) is 0. The fourth-order valence-corrected chi connectivity index (χ4v) is 2.70. The van der Waals surface area contributed by atoms with E-state index in [0.717, 1.165) is 38.8 Å². The Kier molecular flexibility index (Phi) is 4.92. The molecule has 0 spiro atoms. The highest BCUT2D eigenvalue weighted by Crippen LogP contribution is 2.31. The Hall–Kier alpha value is -0.260. The van der Waals surface area contributed by atoms with Gasteiger partial charge in [0.1, 0.15) is 6.10 Å². The van der Waals surface area contributed by atoms with Gasteiger partial charge in [0.15, 0.2) is 0 Å². The highest BCUT2D eigenvalue weighted by molar-refractivity contribution is 4.90. The van der Waals surface area contributed by atoms with Crippen molar-refractivity contribution in [3.63, 3.8) is 0 Å². The van der Waals surface area contributed by atoms with Crippen molar-refractivity contribution in [2.24, 2.45) is 0 Å². The minimum Gasteiger partial charge on any atom is -0.376 e. The average molecular weight is 263 g/mol. The summed E-state index contributed by atoms with van der Waals surface area (Å²) in [6.07, 6.45) is 3.24. The number of nitrogens with zero attached hydrogens (tertiary/aromatic N) is 1. The van der Waals surface area contributed by atoms with Crippen LogP contribution in [0.1, 0.15) is 32.6 Å².